The molecular formula is C25H27N3O4S. The molecular weight excluding hydrogens is 438 g/mol. The molecule has 0 atom stereocenters. The molecule has 172 valence electrons. The van der Waals surface area contributed by atoms with Crippen LogP contribution in [0, 0.1) is 13.8 Å². The van der Waals surface area contributed by atoms with Crippen LogP contribution in [0.2, 0.25) is 0 Å². The van der Waals surface area contributed by atoms with Crippen LogP contribution in [0.1, 0.15) is 21.5 Å². The number of aromatic carboxylic acids is 1. The average molecular weight is 466 g/mol. The fraction of sp³-hybridized carbons (Fsp3) is 0.240. The van der Waals surface area contributed by atoms with Gasteiger partial charge in [0.25, 0.3) is 10.0 Å². The van der Waals surface area contributed by atoms with Gasteiger partial charge in [0.15, 0.2) is 0 Å². The van der Waals surface area contributed by atoms with Crippen molar-refractivity contribution in [2.24, 2.45) is 0 Å². The first-order chi connectivity index (χ1) is 15.7. The number of anilines is 3. The van der Waals surface area contributed by atoms with Crippen molar-refractivity contribution in [2.75, 3.05) is 40.7 Å². The van der Waals surface area contributed by atoms with E-state index >= 15 is 0 Å². The van der Waals surface area contributed by atoms with Crippen LogP contribution in [0.25, 0.3) is 0 Å². The Morgan fingerprint density at radius 2 is 1.42 bits per heavy atom. The summed E-state index contributed by atoms with van der Waals surface area (Å²) in [6.45, 7) is 7.04. The Morgan fingerprint density at radius 3 is 2.00 bits per heavy atom. The molecule has 4 rings (SSSR count). The molecule has 0 bridgehead atoms. The number of benzene rings is 3. The van der Waals surface area contributed by atoms with Gasteiger partial charge in [0.2, 0.25) is 0 Å². The Kier molecular flexibility index (Phi) is 6.29. The number of sulfonamides is 1. The third kappa shape index (κ3) is 5.12. The van der Waals surface area contributed by atoms with Crippen LogP contribution in [0.4, 0.5) is 17.1 Å². The average Bonchev–Trinajstić information content (AvgIpc) is 2.79. The molecule has 0 unspecified atom stereocenters. The molecule has 2 N–H and O–H groups in total. The number of nitrogens with one attached hydrogen (secondary N) is 1. The van der Waals surface area contributed by atoms with Gasteiger partial charge in [-0.2, -0.15) is 0 Å². The standard InChI is InChI=1S/C25H27N3O4S/c1-18-6-9-22(10-7-18)33(31,32)26-24-11-8-21(17-23(24)25(29)30)28-14-12-27(13-15-28)20-5-3-4-19(2)16-20/h3-11,16-17,26H,12-15H2,1-2H3,(H,29,30). The molecule has 0 aromatic heterocycles. The molecule has 0 spiro atoms. The van der Waals surface area contributed by atoms with Crippen molar-refractivity contribution in [3.63, 3.8) is 0 Å². The molecule has 7 nitrogen and oxygen atoms in total. The van der Waals surface area contributed by atoms with E-state index in [-0.39, 0.29) is 16.1 Å². The van der Waals surface area contributed by atoms with Gasteiger partial charge < -0.3 is 14.9 Å². The van der Waals surface area contributed by atoms with E-state index in [4.69, 9.17) is 0 Å². The van der Waals surface area contributed by atoms with Crippen LogP contribution in [-0.4, -0.2) is 45.7 Å². The summed E-state index contributed by atoms with van der Waals surface area (Å²) >= 11 is 0. The Balaban J connectivity index is 1.52. The van der Waals surface area contributed by atoms with Crippen molar-refractivity contribution < 1.29 is 18.3 Å². The molecule has 0 saturated carbocycles. The minimum atomic E-state index is -3.90. The van der Waals surface area contributed by atoms with Crippen molar-refractivity contribution >= 4 is 33.1 Å². The molecule has 3 aromatic carbocycles. The van der Waals surface area contributed by atoms with E-state index in [1.54, 1.807) is 18.2 Å². The highest BCUT2D eigenvalue weighted by Crippen LogP contribution is 2.27. The van der Waals surface area contributed by atoms with Crippen molar-refractivity contribution in [1.82, 2.24) is 0 Å². The summed E-state index contributed by atoms with van der Waals surface area (Å²) in [4.78, 5) is 16.4. The van der Waals surface area contributed by atoms with E-state index < -0.39 is 16.0 Å². The van der Waals surface area contributed by atoms with Gasteiger partial charge in [-0.05, 0) is 61.9 Å². The first kappa shape index (κ1) is 22.7. The Bertz CT molecular complexity index is 1270. The van der Waals surface area contributed by atoms with Gasteiger partial charge >= 0.3 is 5.97 Å². The zero-order chi connectivity index (χ0) is 23.6. The second kappa shape index (κ2) is 9.15. The molecule has 3 aromatic rings. The van der Waals surface area contributed by atoms with Crippen LogP contribution < -0.4 is 14.5 Å². The normalized spacial score (nSPS) is 14.2. The predicted octanol–water partition coefficient (Wildman–Crippen LogP) is 4.13. The quantitative estimate of drug-likeness (QED) is 0.569. The van der Waals surface area contributed by atoms with Gasteiger partial charge in [-0.3, -0.25) is 4.72 Å². The number of piperazine rings is 1. The summed E-state index contributed by atoms with van der Waals surface area (Å²) in [5.41, 5.74) is 4.06. The highest BCUT2D eigenvalue weighted by Gasteiger charge is 2.22. The Morgan fingerprint density at radius 1 is 0.818 bits per heavy atom. The number of rotatable bonds is 6. The zero-order valence-electron chi connectivity index (χ0n) is 18.7. The van der Waals surface area contributed by atoms with Gasteiger partial charge in [0.05, 0.1) is 16.1 Å². The van der Waals surface area contributed by atoms with E-state index in [1.165, 1.54) is 35.5 Å². The molecule has 1 aliphatic rings. The van der Waals surface area contributed by atoms with E-state index in [9.17, 15) is 18.3 Å². The van der Waals surface area contributed by atoms with Gasteiger partial charge in [0, 0.05) is 37.6 Å². The molecule has 1 saturated heterocycles. The smallest absolute Gasteiger partial charge is 0.337 e. The Hall–Kier alpha value is -3.52. The minimum absolute atomic E-state index is 0.0465. The van der Waals surface area contributed by atoms with Gasteiger partial charge in [-0.15, -0.1) is 0 Å². The summed E-state index contributed by atoms with van der Waals surface area (Å²) in [6, 6.07) is 19.6. The maximum absolute atomic E-state index is 12.7. The zero-order valence-corrected chi connectivity index (χ0v) is 19.5. The molecule has 0 aliphatic carbocycles. The summed E-state index contributed by atoms with van der Waals surface area (Å²) < 4.78 is 27.9. The summed E-state index contributed by atoms with van der Waals surface area (Å²) in [7, 11) is -3.90. The summed E-state index contributed by atoms with van der Waals surface area (Å²) in [5, 5.41) is 9.75. The highest BCUT2D eigenvalue weighted by atomic mass is 32.2. The van der Waals surface area contributed by atoms with Crippen LogP contribution in [0.15, 0.2) is 71.6 Å². The monoisotopic (exact) mass is 465 g/mol. The third-order valence-electron chi connectivity index (χ3n) is 5.82. The number of hydrogen-bond donors (Lipinski definition) is 2. The first-order valence-corrected chi connectivity index (χ1v) is 12.2. The maximum atomic E-state index is 12.7. The number of nitrogens with zero attached hydrogens (tertiary/aromatic N) is 2. The van der Waals surface area contributed by atoms with Gasteiger partial charge in [0.1, 0.15) is 0 Å². The van der Waals surface area contributed by atoms with Crippen LogP contribution >= 0.6 is 0 Å². The first-order valence-electron chi connectivity index (χ1n) is 10.8. The molecule has 1 fully saturated rings. The van der Waals surface area contributed by atoms with Crippen LogP contribution in [0.3, 0.4) is 0 Å². The molecule has 33 heavy (non-hydrogen) atoms. The summed E-state index contributed by atoms with van der Waals surface area (Å²) in [5.74, 6) is -1.18. The highest BCUT2D eigenvalue weighted by molar-refractivity contribution is 7.92. The lowest BCUT2D eigenvalue weighted by atomic mass is 10.1. The van der Waals surface area contributed by atoms with Crippen molar-refractivity contribution in [3.05, 3.63) is 83.4 Å². The van der Waals surface area contributed by atoms with E-state index in [1.807, 2.05) is 13.0 Å². The van der Waals surface area contributed by atoms with E-state index in [0.29, 0.717) is 0 Å². The molecule has 0 amide bonds. The predicted molar refractivity (Wildman–Crippen MR) is 131 cm³/mol. The molecule has 0 radical (unpaired) electrons. The summed E-state index contributed by atoms with van der Waals surface area (Å²) in [6.07, 6.45) is 0. The number of carbonyl (C=O) groups is 1. The van der Waals surface area contributed by atoms with Crippen molar-refractivity contribution in [3.8, 4) is 0 Å². The lowest BCUT2D eigenvalue weighted by molar-refractivity contribution is 0.0698. The van der Waals surface area contributed by atoms with Crippen molar-refractivity contribution in [1.29, 1.82) is 0 Å². The SMILES string of the molecule is Cc1ccc(S(=O)(=O)Nc2ccc(N3CCN(c4cccc(C)c4)CC3)cc2C(=O)O)cc1. The van der Waals surface area contributed by atoms with E-state index in [2.05, 4.69) is 39.6 Å². The lowest BCUT2D eigenvalue weighted by Gasteiger charge is -2.37. The van der Waals surface area contributed by atoms with Crippen LogP contribution in [0.5, 0.6) is 0 Å². The lowest BCUT2D eigenvalue weighted by Crippen LogP contribution is -2.46. The number of carboxylic acids is 1. The van der Waals surface area contributed by atoms with E-state index in [0.717, 1.165) is 37.4 Å². The second-order valence-electron chi connectivity index (χ2n) is 8.27. The number of hydrogen-bond acceptors (Lipinski definition) is 5. The van der Waals surface area contributed by atoms with Crippen LogP contribution in [-0.2, 0) is 10.0 Å². The molecule has 8 heteroatoms. The molecule has 1 aliphatic heterocycles. The van der Waals surface area contributed by atoms with Gasteiger partial charge in [-0.1, -0.05) is 29.8 Å². The minimum Gasteiger partial charge on any atom is -0.478 e. The fourth-order valence-corrected chi connectivity index (χ4v) is 5.04. The third-order valence-corrected chi connectivity index (χ3v) is 7.20. The van der Waals surface area contributed by atoms with Gasteiger partial charge in [-0.25, -0.2) is 13.2 Å². The molecule has 1 heterocycles. The largest absolute Gasteiger partial charge is 0.478 e. The number of aryl methyl sites for hydroxylation is 2. The topological polar surface area (TPSA) is 90.0 Å². The maximum Gasteiger partial charge on any atom is 0.337 e. The second-order valence-corrected chi connectivity index (χ2v) is 9.95. The van der Waals surface area contributed by atoms with Crippen molar-refractivity contribution in [2.45, 2.75) is 18.7 Å². The Labute approximate surface area is 194 Å². The number of carboxylic acid groups (broad SMARTS) is 1. The fourth-order valence-electron chi connectivity index (χ4n) is 3.96.